The van der Waals surface area contributed by atoms with Gasteiger partial charge in [0.25, 0.3) is 0 Å². The minimum atomic E-state index is -0.756. The van der Waals surface area contributed by atoms with Crippen LogP contribution in [0.25, 0.3) is 0 Å². The molecule has 0 aromatic heterocycles. The summed E-state index contributed by atoms with van der Waals surface area (Å²) < 4.78 is 0. The van der Waals surface area contributed by atoms with E-state index in [9.17, 15) is 5.11 Å². The van der Waals surface area contributed by atoms with Crippen molar-refractivity contribution in [2.24, 2.45) is 5.92 Å². The minimum absolute atomic E-state index is 0.413. The highest BCUT2D eigenvalue weighted by atomic mass is 35.5. The molecule has 3 heteroatoms. The molecule has 0 saturated heterocycles. The molecule has 20 heavy (non-hydrogen) atoms. The average molecular weight is 309 g/mol. The predicted octanol–water partition coefficient (Wildman–Crippen LogP) is 5.27. The maximum atomic E-state index is 10.5. The molecule has 0 spiro atoms. The summed E-state index contributed by atoms with van der Waals surface area (Å²) in [6, 6.07) is 13.3. The summed E-state index contributed by atoms with van der Waals surface area (Å²) in [4.78, 5) is 0. The van der Waals surface area contributed by atoms with Crippen molar-refractivity contribution in [2.45, 2.75) is 26.4 Å². The Labute approximate surface area is 130 Å². The second-order valence-electron chi connectivity index (χ2n) is 5.39. The van der Waals surface area contributed by atoms with Crippen molar-refractivity contribution in [2.75, 3.05) is 0 Å². The lowest BCUT2D eigenvalue weighted by Crippen LogP contribution is -2.02. The van der Waals surface area contributed by atoms with E-state index in [0.717, 1.165) is 12.0 Å². The summed E-state index contributed by atoms with van der Waals surface area (Å²) in [5.41, 5.74) is 2.70. The molecule has 0 aliphatic carbocycles. The molecule has 0 aliphatic heterocycles. The van der Waals surface area contributed by atoms with Crippen LogP contribution in [0.2, 0.25) is 10.0 Å². The van der Waals surface area contributed by atoms with Gasteiger partial charge in [0.15, 0.2) is 0 Å². The Morgan fingerprint density at radius 3 is 2.45 bits per heavy atom. The van der Waals surface area contributed by atoms with E-state index in [1.807, 2.05) is 18.2 Å². The smallest absolute Gasteiger partial charge is 0.106 e. The monoisotopic (exact) mass is 308 g/mol. The van der Waals surface area contributed by atoms with E-state index < -0.39 is 6.10 Å². The Hall–Kier alpha value is -1.02. The molecule has 0 amide bonds. The average Bonchev–Trinajstić information content (AvgIpc) is 2.41. The molecule has 0 heterocycles. The third-order valence-electron chi connectivity index (χ3n) is 3.19. The van der Waals surface area contributed by atoms with Crippen molar-refractivity contribution >= 4 is 23.2 Å². The third-order valence-corrected chi connectivity index (χ3v) is 4.02. The van der Waals surface area contributed by atoms with E-state index in [-0.39, 0.29) is 0 Å². The van der Waals surface area contributed by atoms with Crippen molar-refractivity contribution in [1.29, 1.82) is 0 Å². The lowest BCUT2D eigenvalue weighted by molar-refractivity contribution is 0.220. The van der Waals surface area contributed by atoms with Crippen LogP contribution in [0, 0.1) is 5.92 Å². The zero-order valence-corrected chi connectivity index (χ0v) is 13.1. The fourth-order valence-corrected chi connectivity index (χ4v) is 2.68. The number of hydrogen-bond donors (Lipinski definition) is 1. The zero-order chi connectivity index (χ0) is 14.7. The van der Waals surface area contributed by atoms with Gasteiger partial charge in [0.2, 0.25) is 0 Å². The van der Waals surface area contributed by atoms with Gasteiger partial charge in [-0.2, -0.15) is 0 Å². The Balaban J connectivity index is 2.33. The second-order valence-corrected chi connectivity index (χ2v) is 6.17. The number of hydrogen-bond acceptors (Lipinski definition) is 1. The summed E-state index contributed by atoms with van der Waals surface area (Å²) in [6.07, 6.45) is 0.234. The Kier molecular flexibility index (Phi) is 5.09. The van der Waals surface area contributed by atoms with Crippen molar-refractivity contribution in [1.82, 2.24) is 0 Å². The molecule has 2 aromatic carbocycles. The summed E-state index contributed by atoms with van der Waals surface area (Å²) in [6.45, 7) is 4.36. The Bertz CT molecular complexity index is 593. The van der Waals surface area contributed by atoms with E-state index in [1.54, 1.807) is 18.2 Å². The van der Waals surface area contributed by atoms with Crippen LogP contribution in [-0.4, -0.2) is 5.11 Å². The van der Waals surface area contributed by atoms with E-state index in [1.165, 1.54) is 5.56 Å². The number of benzene rings is 2. The third kappa shape index (κ3) is 3.54. The zero-order valence-electron chi connectivity index (χ0n) is 11.6. The molecule has 0 radical (unpaired) electrons. The standard InChI is InChI=1S/C17H18Cl2O/c1-11(2)9-12-5-3-6-13(10-12)17(20)14-7-4-8-15(18)16(14)19/h3-8,10-11,17,20H,9H2,1-2H3. The van der Waals surface area contributed by atoms with Gasteiger partial charge in [-0.1, -0.05) is 73.4 Å². The molecule has 1 nitrogen and oxygen atoms in total. The molecule has 106 valence electrons. The molecule has 1 atom stereocenters. The van der Waals surface area contributed by atoms with Gasteiger partial charge in [-0.3, -0.25) is 0 Å². The first-order valence-corrected chi connectivity index (χ1v) is 7.45. The normalized spacial score (nSPS) is 12.7. The van der Waals surface area contributed by atoms with Crippen molar-refractivity contribution in [3.63, 3.8) is 0 Å². The van der Waals surface area contributed by atoms with Crippen LogP contribution < -0.4 is 0 Å². The van der Waals surface area contributed by atoms with Gasteiger partial charge in [-0.25, -0.2) is 0 Å². The Morgan fingerprint density at radius 2 is 1.75 bits per heavy atom. The van der Waals surface area contributed by atoms with Crippen molar-refractivity contribution in [3.05, 3.63) is 69.2 Å². The number of aliphatic hydroxyl groups excluding tert-OH is 1. The molecule has 2 aromatic rings. The molecular weight excluding hydrogens is 291 g/mol. The van der Waals surface area contributed by atoms with Gasteiger partial charge in [-0.05, 0) is 29.5 Å². The van der Waals surface area contributed by atoms with Crippen LogP contribution in [0.3, 0.4) is 0 Å². The topological polar surface area (TPSA) is 20.2 Å². The first kappa shape index (κ1) is 15.4. The van der Waals surface area contributed by atoms with Crippen LogP contribution >= 0.6 is 23.2 Å². The SMILES string of the molecule is CC(C)Cc1cccc(C(O)c2cccc(Cl)c2Cl)c1. The van der Waals surface area contributed by atoms with Crippen LogP contribution in [0.15, 0.2) is 42.5 Å². The van der Waals surface area contributed by atoms with E-state index in [0.29, 0.717) is 21.5 Å². The van der Waals surface area contributed by atoms with Gasteiger partial charge in [0.05, 0.1) is 10.0 Å². The van der Waals surface area contributed by atoms with E-state index in [4.69, 9.17) is 23.2 Å². The fourth-order valence-electron chi connectivity index (χ4n) is 2.27. The Morgan fingerprint density at radius 1 is 1.05 bits per heavy atom. The molecule has 0 saturated carbocycles. The van der Waals surface area contributed by atoms with Crippen molar-refractivity contribution in [3.8, 4) is 0 Å². The highest BCUT2D eigenvalue weighted by molar-refractivity contribution is 6.42. The first-order chi connectivity index (χ1) is 9.49. The van der Waals surface area contributed by atoms with E-state index in [2.05, 4.69) is 19.9 Å². The van der Waals surface area contributed by atoms with Crippen molar-refractivity contribution < 1.29 is 5.11 Å². The van der Waals surface area contributed by atoms with Gasteiger partial charge >= 0.3 is 0 Å². The number of aliphatic hydroxyl groups is 1. The summed E-state index contributed by atoms with van der Waals surface area (Å²) in [5, 5.41) is 11.4. The lowest BCUT2D eigenvalue weighted by Gasteiger charge is -2.15. The van der Waals surface area contributed by atoms with Crippen LogP contribution in [0.1, 0.15) is 36.6 Å². The highest BCUT2D eigenvalue weighted by Crippen LogP contribution is 2.33. The lowest BCUT2D eigenvalue weighted by atomic mass is 9.96. The molecule has 0 aliphatic rings. The molecular formula is C17H18Cl2O. The summed E-state index contributed by atoms with van der Waals surface area (Å²) >= 11 is 12.2. The fraction of sp³-hybridized carbons (Fsp3) is 0.294. The molecule has 1 N–H and O–H groups in total. The molecule has 2 rings (SSSR count). The van der Waals surface area contributed by atoms with Gasteiger partial charge < -0.3 is 5.11 Å². The van der Waals surface area contributed by atoms with Crippen LogP contribution in [0.4, 0.5) is 0 Å². The first-order valence-electron chi connectivity index (χ1n) is 6.70. The second kappa shape index (κ2) is 6.62. The van der Waals surface area contributed by atoms with E-state index >= 15 is 0 Å². The summed E-state index contributed by atoms with van der Waals surface area (Å²) in [5.74, 6) is 0.581. The maximum Gasteiger partial charge on any atom is 0.106 e. The molecule has 1 unspecified atom stereocenters. The van der Waals surface area contributed by atoms with Crippen LogP contribution in [-0.2, 0) is 6.42 Å². The number of halogens is 2. The van der Waals surface area contributed by atoms with Gasteiger partial charge in [0.1, 0.15) is 6.10 Å². The molecule has 0 bridgehead atoms. The predicted molar refractivity (Wildman–Crippen MR) is 85.5 cm³/mol. The molecule has 0 fully saturated rings. The quantitative estimate of drug-likeness (QED) is 0.815. The number of rotatable bonds is 4. The highest BCUT2D eigenvalue weighted by Gasteiger charge is 2.16. The van der Waals surface area contributed by atoms with Gasteiger partial charge in [0, 0.05) is 5.56 Å². The largest absolute Gasteiger partial charge is 0.384 e. The minimum Gasteiger partial charge on any atom is -0.384 e. The van der Waals surface area contributed by atoms with Gasteiger partial charge in [-0.15, -0.1) is 0 Å². The van der Waals surface area contributed by atoms with Crippen LogP contribution in [0.5, 0.6) is 0 Å². The maximum absolute atomic E-state index is 10.5. The summed E-state index contributed by atoms with van der Waals surface area (Å²) in [7, 11) is 0.